The maximum Gasteiger partial charge on any atom is 0.254 e. The second kappa shape index (κ2) is 6.23. The molecular formula is C15H20N2OS. The van der Waals surface area contributed by atoms with Crippen molar-refractivity contribution in [2.75, 3.05) is 13.1 Å². The molecule has 0 radical (unpaired) electrons. The fraction of sp³-hybridized carbons (Fsp3) is 0.533. The standard InChI is InChI=1S/C15H20N2OS/c1-11-5-4-8-17(12(11)2)15(18)13-9-14(19-10-13)6-3-7-16/h9-12H,4-5,7-8,16H2,1-2H3. The van der Waals surface area contributed by atoms with Gasteiger partial charge < -0.3 is 10.6 Å². The molecule has 102 valence electrons. The molecule has 2 rings (SSSR count). The third-order valence-corrected chi connectivity index (χ3v) is 4.64. The van der Waals surface area contributed by atoms with Crippen molar-refractivity contribution in [2.24, 2.45) is 11.7 Å². The van der Waals surface area contributed by atoms with Gasteiger partial charge in [-0.15, -0.1) is 11.3 Å². The number of likely N-dealkylation sites (tertiary alicyclic amines) is 1. The SMILES string of the molecule is CC1CCCN(C(=O)c2csc(C#CCN)c2)C1C. The number of thiophene rings is 1. The summed E-state index contributed by atoms with van der Waals surface area (Å²) in [6.07, 6.45) is 2.31. The Morgan fingerprint density at radius 3 is 3.11 bits per heavy atom. The van der Waals surface area contributed by atoms with E-state index >= 15 is 0 Å². The summed E-state index contributed by atoms with van der Waals surface area (Å²) < 4.78 is 0. The summed E-state index contributed by atoms with van der Waals surface area (Å²) in [5, 5.41) is 1.90. The molecule has 1 aliphatic heterocycles. The fourth-order valence-corrected chi connectivity index (χ4v) is 3.19. The molecule has 1 aliphatic rings. The summed E-state index contributed by atoms with van der Waals surface area (Å²) in [6, 6.07) is 2.20. The lowest BCUT2D eigenvalue weighted by Crippen LogP contribution is -2.45. The predicted octanol–water partition coefficient (Wildman–Crippen LogP) is 2.32. The highest BCUT2D eigenvalue weighted by Gasteiger charge is 2.29. The lowest BCUT2D eigenvalue weighted by atomic mass is 9.91. The molecule has 1 aromatic rings. The minimum atomic E-state index is 0.135. The minimum absolute atomic E-state index is 0.135. The first-order chi connectivity index (χ1) is 9.13. The van der Waals surface area contributed by atoms with Crippen molar-refractivity contribution in [3.05, 3.63) is 21.9 Å². The Morgan fingerprint density at radius 1 is 1.58 bits per heavy atom. The van der Waals surface area contributed by atoms with Crippen molar-refractivity contribution in [1.82, 2.24) is 4.90 Å². The molecular weight excluding hydrogens is 256 g/mol. The third kappa shape index (κ3) is 3.17. The number of nitrogens with zero attached hydrogens (tertiary/aromatic N) is 1. The van der Waals surface area contributed by atoms with Crippen molar-refractivity contribution < 1.29 is 4.79 Å². The number of piperidine rings is 1. The average molecular weight is 276 g/mol. The molecule has 1 saturated heterocycles. The van der Waals surface area contributed by atoms with E-state index in [9.17, 15) is 4.79 Å². The topological polar surface area (TPSA) is 46.3 Å². The van der Waals surface area contributed by atoms with Crippen molar-refractivity contribution in [3.8, 4) is 11.8 Å². The molecule has 2 atom stereocenters. The number of hydrogen-bond donors (Lipinski definition) is 1. The number of carbonyl (C=O) groups is 1. The van der Waals surface area contributed by atoms with Crippen LogP contribution < -0.4 is 5.73 Å². The van der Waals surface area contributed by atoms with Gasteiger partial charge in [0.25, 0.3) is 5.91 Å². The first-order valence-corrected chi connectivity index (χ1v) is 7.60. The predicted molar refractivity (Wildman–Crippen MR) is 79.1 cm³/mol. The molecule has 0 spiro atoms. The zero-order chi connectivity index (χ0) is 13.8. The number of amides is 1. The highest BCUT2D eigenvalue weighted by molar-refractivity contribution is 7.10. The van der Waals surface area contributed by atoms with Gasteiger partial charge in [0.05, 0.1) is 17.0 Å². The number of rotatable bonds is 1. The first kappa shape index (κ1) is 14.1. The highest BCUT2D eigenvalue weighted by atomic mass is 32.1. The lowest BCUT2D eigenvalue weighted by molar-refractivity contribution is 0.0551. The molecule has 0 aliphatic carbocycles. The molecule has 0 bridgehead atoms. The molecule has 0 aromatic carbocycles. The van der Waals surface area contributed by atoms with Gasteiger partial charge in [0.15, 0.2) is 0 Å². The van der Waals surface area contributed by atoms with Crippen molar-refractivity contribution >= 4 is 17.2 Å². The smallest absolute Gasteiger partial charge is 0.254 e. The highest BCUT2D eigenvalue weighted by Crippen LogP contribution is 2.25. The van der Waals surface area contributed by atoms with Gasteiger partial charge in [-0.25, -0.2) is 0 Å². The van der Waals surface area contributed by atoms with Crippen LogP contribution in [0.5, 0.6) is 0 Å². The molecule has 1 fully saturated rings. The molecule has 4 heteroatoms. The van der Waals surface area contributed by atoms with Crippen LogP contribution in [0, 0.1) is 17.8 Å². The lowest BCUT2D eigenvalue weighted by Gasteiger charge is -2.37. The van der Waals surface area contributed by atoms with E-state index in [2.05, 4.69) is 25.7 Å². The molecule has 2 N–H and O–H groups in total. The number of carbonyl (C=O) groups excluding carboxylic acids is 1. The maximum atomic E-state index is 12.5. The van der Waals surface area contributed by atoms with Gasteiger partial charge in [-0.1, -0.05) is 18.8 Å². The number of nitrogens with two attached hydrogens (primary N) is 1. The average Bonchev–Trinajstić information content (AvgIpc) is 2.87. The minimum Gasteiger partial charge on any atom is -0.336 e. The van der Waals surface area contributed by atoms with Crippen molar-refractivity contribution in [1.29, 1.82) is 0 Å². The van der Waals surface area contributed by atoms with E-state index < -0.39 is 0 Å². The van der Waals surface area contributed by atoms with Gasteiger partial charge in [0, 0.05) is 18.0 Å². The molecule has 0 saturated carbocycles. The number of hydrogen-bond acceptors (Lipinski definition) is 3. The van der Waals surface area contributed by atoms with Gasteiger partial charge in [-0.2, -0.15) is 0 Å². The van der Waals surface area contributed by atoms with Crippen LogP contribution in [0.25, 0.3) is 0 Å². The monoisotopic (exact) mass is 276 g/mol. The molecule has 2 heterocycles. The van der Waals surface area contributed by atoms with E-state index in [1.54, 1.807) is 0 Å². The Balaban J connectivity index is 2.12. The van der Waals surface area contributed by atoms with Crippen LogP contribution in [0.4, 0.5) is 0 Å². The van der Waals surface area contributed by atoms with E-state index in [-0.39, 0.29) is 5.91 Å². The summed E-state index contributed by atoms with van der Waals surface area (Å²) in [7, 11) is 0. The Hall–Kier alpha value is -1.31. The summed E-state index contributed by atoms with van der Waals surface area (Å²) in [4.78, 5) is 15.4. The van der Waals surface area contributed by atoms with E-state index in [0.717, 1.165) is 23.4 Å². The van der Waals surface area contributed by atoms with E-state index in [1.807, 2.05) is 16.3 Å². The van der Waals surface area contributed by atoms with Crippen molar-refractivity contribution in [2.45, 2.75) is 32.7 Å². The molecule has 3 nitrogen and oxygen atoms in total. The van der Waals surface area contributed by atoms with Gasteiger partial charge in [-0.3, -0.25) is 4.79 Å². The third-order valence-electron chi connectivity index (χ3n) is 3.79. The van der Waals surface area contributed by atoms with Gasteiger partial charge >= 0.3 is 0 Å². The Bertz CT molecular complexity index is 512. The normalized spacial score (nSPS) is 22.8. The summed E-state index contributed by atoms with van der Waals surface area (Å²) in [5.74, 6) is 6.50. The zero-order valence-corrected chi connectivity index (χ0v) is 12.3. The van der Waals surface area contributed by atoms with Crippen LogP contribution in [0.3, 0.4) is 0 Å². The Labute approximate surface area is 118 Å². The Morgan fingerprint density at radius 2 is 2.37 bits per heavy atom. The van der Waals surface area contributed by atoms with Crippen LogP contribution in [-0.4, -0.2) is 29.9 Å². The van der Waals surface area contributed by atoms with Crippen LogP contribution in [-0.2, 0) is 0 Å². The zero-order valence-electron chi connectivity index (χ0n) is 11.5. The molecule has 1 amide bonds. The fourth-order valence-electron chi connectivity index (χ4n) is 2.44. The summed E-state index contributed by atoms with van der Waals surface area (Å²) in [6.45, 7) is 5.57. The van der Waals surface area contributed by atoms with Crippen LogP contribution in [0.15, 0.2) is 11.4 Å². The first-order valence-electron chi connectivity index (χ1n) is 6.72. The Kier molecular flexibility index (Phi) is 4.62. The van der Waals surface area contributed by atoms with E-state index in [0.29, 0.717) is 18.5 Å². The second-order valence-corrected chi connectivity index (χ2v) is 5.98. The van der Waals surface area contributed by atoms with E-state index in [4.69, 9.17) is 5.73 Å². The molecule has 1 aromatic heterocycles. The van der Waals surface area contributed by atoms with Crippen LogP contribution in [0.2, 0.25) is 0 Å². The van der Waals surface area contributed by atoms with Crippen molar-refractivity contribution in [3.63, 3.8) is 0 Å². The quantitative estimate of drug-likeness (QED) is 0.800. The molecule has 2 unspecified atom stereocenters. The van der Waals surface area contributed by atoms with Gasteiger partial charge in [0.1, 0.15) is 0 Å². The van der Waals surface area contributed by atoms with Gasteiger partial charge in [-0.05, 0) is 31.7 Å². The maximum absolute atomic E-state index is 12.5. The largest absolute Gasteiger partial charge is 0.336 e. The van der Waals surface area contributed by atoms with Gasteiger partial charge in [0.2, 0.25) is 0 Å². The van der Waals surface area contributed by atoms with Crippen LogP contribution in [0.1, 0.15) is 41.9 Å². The summed E-state index contributed by atoms with van der Waals surface area (Å²) in [5.41, 5.74) is 6.11. The van der Waals surface area contributed by atoms with E-state index in [1.165, 1.54) is 17.8 Å². The second-order valence-electron chi connectivity index (χ2n) is 5.06. The molecule has 19 heavy (non-hydrogen) atoms. The summed E-state index contributed by atoms with van der Waals surface area (Å²) >= 11 is 1.51. The van der Waals surface area contributed by atoms with Crippen LogP contribution >= 0.6 is 11.3 Å².